The number of hydrogen-bond acceptors (Lipinski definition) is 3. The van der Waals surface area contributed by atoms with Crippen LogP contribution in [0.15, 0.2) is 12.5 Å². The topological polar surface area (TPSA) is 83.8 Å². The number of imidazole rings is 1. The SMILES string of the molecule is CCCC(CC)NC(Cc1c[nH]cn1)C(N)=O. The Hall–Kier alpha value is -1.36. The number of rotatable bonds is 8. The smallest absolute Gasteiger partial charge is 0.234 e. The standard InChI is InChI=1S/C12H22N4O/c1-3-5-9(4-2)16-11(12(13)17)6-10-7-14-8-15-10/h7-9,11,16H,3-6H2,1-2H3,(H2,13,17)(H,14,15). The normalized spacial score (nSPS) is 14.5. The van der Waals surface area contributed by atoms with E-state index in [1.54, 1.807) is 12.5 Å². The summed E-state index contributed by atoms with van der Waals surface area (Å²) in [6.07, 6.45) is 7.09. The summed E-state index contributed by atoms with van der Waals surface area (Å²) in [7, 11) is 0. The van der Waals surface area contributed by atoms with Gasteiger partial charge in [-0.3, -0.25) is 4.79 Å². The summed E-state index contributed by atoms with van der Waals surface area (Å²) >= 11 is 0. The summed E-state index contributed by atoms with van der Waals surface area (Å²) in [6, 6.07) is 0.00578. The van der Waals surface area contributed by atoms with E-state index in [-0.39, 0.29) is 11.9 Å². The van der Waals surface area contributed by atoms with Crippen LogP contribution in [-0.2, 0) is 11.2 Å². The van der Waals surface area contributed by atoms with Crippen LogP contribution in [0, 0.1) is 0 Å². The molecule has 0 aliphatic carbocycles. The highest BCUT2D eigenvalue weighted by atomic mass is 16.1. The Kier molecular flexibility index (Phi) is 5.69. The van der Waals surface area contributed by atoms with Crippen molar-refractivity contribution in [2.24, 2.45) is 5.73 Å². The number of carbonyl (C=O) groups excluding carboxylic acids is 1. The van der Waals surface area contributed by atoms with E-state index in [4.69, 9.17) is 5.73 Å². The zero-order chi connectivity index (χ0) is 12.7. The Labute approximate surface area is 102 Å². The molecule has 17 heavy (non-hydrogen) atoms. The molecular formula is C12H22N4O. The highest BCUT2D eigenvalue weighted by Crippen LogP contribution is 2.05. The lowest BCUT2D eigenvalue weighted by molar-refractivity contribution is -0.120. The van der Waals surface area contributed by atoms with Gasteiger partial charge in [0.05, 0.1) is 18.1 Å². The molecule has 0 saturated carbocycles. The lowest BCUT2D eigenvalue weighted by Gasteiger charge is -2.22. The summed E-state index contributed by atoms with van der Waals surface area (Å²) in [5.74, 6) is -0.317. The molecule has 0 aliphatic rings. The summed E-state index contributed by atoms with van der Waals surface area (Å²) in [6.45, 7) is 4.25. The van der Waals surface area contributed by atoms with Gasteiger partial charge in [-0.2, -0.15) is 0 Å². The lowest BCUT2D eigenvalue weighted by Crippen LogP contribution is -2.47. The lowest BCUT2D eigenvalue weighted by atomic mass is 10.1. The van der Waals surface area contributed by atoms with Gasteiger partial charge in [-0.15, -0.1) is 0 Å². The van der Waals surface area contributed by atoms with E-state index in [1.807, 2.05) is 0 Å². The van der Waals surface area contributed by atoms with Gasteiger partial charge in [0.2, 0.25) is 5.91 Å². The highest BCUT2D eigenvalue weighted by molar-refractivity contribution is 5.80. The predicted molar refractivity (Wildman–Crippen MR) is 67.4 cm³/mol. The first-order valence-corrected chi connectivity index (χ1v) is 6.20. The minimum absolute atomic E-state index is 0.317. The van der Waals surface area contributed by atoms with Gasteiger partial charge in [0.1, 0.15) is 0 Å². The summed E-state index contributed by atoms with van der Waals surface area (Å²) in [5, 5.41) is 3.31. The molecule has 1 aromatic rings. The van der Waals surface area contributed by atoms with Crippen LogP contribution in [0.5, 0.6) is 0 Å². The quantitative estimate of drug-likeness (QED) is 0.631. The van der Waals surface area contributed by atoms with Gasteiger partial charge in [-0.1, -0.05) is 20.3 Å². The van der Waals surface area contributed by atoms with Gasteiger partial charge in [-0.25, -0.2) is 4.98 Å². The Balaban J connectivity index is 2.56. The first-order valence-electron chi connectivity index (χ1n) is 6.20. The van der Waals surface area contributed by atoms with Crippen LogP contribution >= 0.6 is 0 Å². The molecule has 5 nitrogen and oxygen atoms in total. The molecule has 2 unspecified atom stereocenters. The monoisotopic (exact) mass is 238 g/mol. The van der Waals surface area contributed by atoms with Crippen LogP contribution < -0.4 is 11.1 Å². The molecule has 1 aromatic heterocycles. The largest absolute Gasteiger partial charge is 0.368 e. The van der Waals surface area contributed by atoms with Gasteiger partial charge in [-0.05, 0) is 12.8 Å². The molecule has 1 rings (SSSR count). The molecule has 0 saturated heterocycles. The Morgan fingerprint density at radius 3 is 2.82 bits per heavy atom. The van der Waals surface area contributed by atoms with Crippen LogP contribution in [0.4, 0.5) is 0 Å². The number of primary amides is 1. The number of nitrogens with one attached hydrogen (secondary N) is 2. The zero-order valence-electron chi connectivity index (χ0n) is 10.6. The molecule has 0 spiro atoms. The van der Waals surface area contributed by atoms with Gasteiger partial charge in [0.25, 0.3) is 0 Å². The second-order valence-electron chi connectivity index (χ2n) is 4.28. The van der Waals surface area contributed by atoms with E-state index in [1.165, 1.54) is 0 Å². The summed E-state index contributed by atoms with van der Waals surface area (Å²) < 4.78 is 0. The van der Waals surface area contributed by atoms with Crippen molar-refractivity contribution < 1.29 is 4.79 Å². The molecule has 0 radical (unpaired) electrons. The summed E-state index contributed by atoms with van der Waals surface area (Å²) in [4.78, 5) is 18.4. The maximum absolute atomic E-state index is 11.4. The third-order valence-corrected chi connectivity index (χ3v) is 2.88. The highest BCUT2D eigenvalue weighted by Gasteiger charge is 2.19. The van der Waals surface area contributed by atoms with Crippen molar-refractivity contribution in [3.63, 3.8) is 0 Å². The molecule has 1 amide bonds. The average molecular weight is 238 g/mol. The average Bonchev–Trinajstić information content (AvgIpc) is 2.79. The number of amides is 1. The van der Waals surface area contributed by atoms with Gasteiger partial charge < -0.3 is 16.0 Å². The first kappa shape index (κ1) is 13.7. The molecule has 96 valence electrons. The Morgan fingerprint density at radius 2 is 2.35 bits per heavy atom. The fourth-order valence-corrected chi connectivity index (χ4v) is 1.89. The maximum atomic E-state index is 11.4. The van der Waals surface area contributed by atoms with E-state index < -0.39 is 0 Å². The van der Waals surface area contributed by atoms with Crippen molar-refractivity contribution in [1.82, 2.24) is 15.3 Å². The van der Waals surface area contributed by atoms with E-state index in [2.05, 4.69) is 29.1 Å². The van der Waals surface area contributed by atoms with Crippen molar-refractivity contribution >= 4 is 5.91 Å². The van der Waals surface area contributed by atoms with Crippen LogP contribution in [0.25, 0.3) is 0 Å². The number of aromatic nitrogens is 2. The van der Waals surface area contributed by atoms with Gasteiger partial charge >= 0.3 is 0 Å². The molecule has 4 N–H and O–H groups in total. The van der Waals surface area contributed by atoms with E-state index in [0.717, 1.165) is 25.0 Å². The van der Waals surface area contributed by atoms with Crippen molar-refractivity contribution in [3.05, 3.63) is 18.2 Å². The zero-order valence-corrected chi connectivity index (χ0v) is 10.6. The number of aromatic amines is 1. The first-order chi connectivity index (χ1) is 8.17. The summed E-state index contributed by atoms with van der Waals surface area (Å²) in [5.41, 5.74) is 6.27. The van der Waals surface area contributed by atoms with E-state index >= 15 is 0 Å². The molecule has 2 atom stereocenters. The fourth-order valence-electron chi connectivity index (χ4n) is 1.89. The minimum Gasteiger partial charge on any atom is -0.368 e. The van der Waals surface area contributed by atoms with E-state index in [0.29, 0.717) is 12.5 Å². The third kappa shape index (κ3) is 4.56. The number of carbonyl (C=O) groups is 1. The molecule has 0 aromatic carbocycles. The van der Waals surface area contributed by atoms with Crippen LogP contribution in [0.2, 0.25) is 0 Å². The fraction of sp³-hybridized carbons (Fsp3) is 0.667. The van der Waals surface area contributed by atoms with Crippen LogP contribution in [0.3, 0.4) is 0 Å². The van der Waals surface area contributed by atoms with Gasteiger partial charge in [0, 0.05) is 18.7 Å². The van der Waals surface area contributed by atoms with Crippen LogP contribution in [0.1, 0.15) is 38.8 Å². The van der Waals surface area contributed by atoms with Crippen molar-refractivity contribution in [1.29, 1.82) is 0 Å². The minimum atomic E-state index is -0.338. The maximum Gasteiger partial charge on any atom is 0.234 e. The van der Waals surface area contributed by atoms with Gasteiger partial charge in [0.15, 0.2) is 0 Å². The third-order valence-electron chi connectivity index (χ3n) is 2.88. The van der Waals surface area contributed by atoms with E-state index in [9.17, 15) is 4.79 Å². The molecule has 0 aliphatic heterocycles. The van der Waals surface area contributed by atoms with Crippen molar-refractivity contribution in [3.8, 4) is 0 Å². The number of nitrogens with zero attached hydrogens (tertiary/aromatic N) is 1. The molecule has 1 heterocycles. The second-order valence-corrected chi connectivity index (χ2v) is 4.28. The van der Waals surface area contributed by atoms with Crippen LogP contribution in [-0.4, -0.2) is 28.0 Å². The second kappa shape index (κ2) is 7.06. The number of hydrogen-bond donors (Lipinski definition) is 3. The molecule has 0 bridgehead atoms. The molecule has 5 heteroatoms. The number of nitrogens with two attached hydrogens (primary N) is 1. The Morgan fingerprint density at radius 1 is 1.59 bits per heavy atom. The predicted octanol–water partition coefficient (Wildman–Crippen LogP) is 0.974. The van der Waals surface area contributed by atoms with Crippen molar-refractivity contribution in [2.75, 3.05) is 0 Å². The molecule has 0 fully saturated rings. The number of H-pyrrole nitrogens is 1. The molecular weight excluding hydrogens is 216 g/mol. The van der Waals surface area contributed by atoms with Crippen molar-refractivity contribution in [2.45, 2.75) is 51.6 Å². The Bertz CT molecular complexity index is 323.